The molecule has 1 aliphatic rings. The van der Waals surface area contributed by atoms with Gasteiger partial charge >= 0.3 is 0 Å². The van der Waals surface area contributed by atoms with E-state index in [1.54, 1.807) is 18.2 Å². The average molecular weight is 472 g/mol. The summed E-state index contributed by atoms with van der Waals surface area (Å²) in [5.74, 6) is -0.194. The highest BCUT2D eigenvalue weighted by Crippen LogP contribution is 2.39. The molecule has 0 unspecified atom stereocenters. The van der Waals surface area contributed by atoms with E-state index in [2.05, 4.69) is 14.9 Å². The molecule has 0 radical (unpaired) electrons. The summed E-state index contributed by atoms with van der Waals surface area (Å²) < 4.78 is 31.2. The van der Waals surface area contributed by atoms with Crippen LogP contribution in [0.1, 0.15) is 15.2 Å². The molecular weight excluding hydrogens is 446 g/mol. The van der Waals surface area contributed by atoms with Crippen molar-refractivity contribution in [1.29, 1.82) is 0 Å². The summed E-state index contributed by atoms with van der Waals surface area (Å²) in [6.45, 7) is 3.11. The van der Waals surface area contributed by atoms with Crippen LogP contribution in [-0.4, -0.2) is 46.9 Å². The highest BCUT2D eigenvalue weighted by Gasteiger charge is 2.22. The summed E-state index contributed by atoms with van der Waals surface area (Å²) in [6, 6.07) is 19.0. The van der Waals surface area contributed by atoms with Crippen LogP contribution in [0.2, 0.25) is 0 Å². The van der Waals surface area contributed by atoms with Crippen LogP contribution in [0.15, 0.2) is 60.7 Å². The number of thiophene rings is 1. The second kappa shape index (κ2) is 9.72. The van der Waals surface area contributed by atoms with Crippen molar-refractivity contribution in [1.82, 2.24) is 5.32 Å². The Kier molecular flexibility index (Phi) is 6.78. The highest BCUT2D eigenvalue weighted by molar-refractivity contribution is 7.92. The number of nitrogens with zero attached hydrogens (tertiary/aromatic N) is 1. The van der Waals surface area contributed by atoms with E-state index in [4.69, 9.17) is 4.74 Å². The van der Waals surface area contributed by atoms with Crippen molar-refractivity contribution in [2.75, 3.05) is 42.2 Å². The normalized spacial score (nSPS) is 14.2. The number of carbonyl (C=O) groups excluding carboxylic acids is 1. The Labute approximate surface area is 192 Å². The molecule has 0 spiro atoms. The standard InChI is InChI=1S/C23H25N3O4S2/c1-32(28,29)25-20-10-6-5-9-18(20)16-24-22(27)21-15-19(17-7-3-2-4-8-17)23(31-21)26-11-13-30-14-12-26/h2-10,15,25H,11-14,16H2,1H3,(H,24,27). The van der Waals surface area contributed by atoms with Crippen molar-refractivity contribution < 1.29 is 17.9 Å². The Morgan fingerprint density at radius 2 is 1.75 bits per heavy atom. The lowest BCUT2D eigenvalue weighted by molar-refractivity contribution is 0.0955. The quantitative estimate of drug-likeness (QED) is 0.550. The predicted octanol–water partition coefficient (Wildman–Crippen LogP) is 3.55. The van der Waals surface area contributed by atoms with Crippen LogP contribution in [0.3, 0.4) is 0 Å². The van der Waals surface area contributed by atoms with Gasteiger partial charge in [0.2, 0.25) is 10.0 Å². The molecule has 9 heteroatoms. The molecule has 168 valence electrons. The van der Waals surface area contributed by atoms with Gasteiger partial charge in [0, 0.05) is 25.2 Å². The molecule has 32 heavy (non-hydrogen) atoms. The van der Waals surface area contributed by atoms with Crippen molar-refractivity contribution in [2.24, 2.45) is 0 Å². The molecule has 4 rings (SSSR count). The molecule has 2 aromatic carbocycles. The molecule has 1 fully saturated rings. The number of sulfonamides is 1. The van der Waals surface area contributed by atoms with E-state index in [0.29, 0.717) is 29.3 Å². The maximum absolute atomic E-state index is 13.0. The smallest absolute Gasteiger partial charge is 0.261 e. The number of ether oxygens (including phenoxy) is 1. The maximum Gasteiger partial charge on any atom is 0.261 e. The lowest BCUT2D eigenvalue weighted by Gasteiger charge is -2.28. The molecule has 0 saturated carbocycles. The molecule has 0 bridgehead atoms. The van der Waals surface area contributed by atoms with Crippen LogP contribution >= 0.6 is 11.3 Å². The first kappa shape index (κ1) is 22.3. The summed E-state index contributed by atoms with van der Waals surface area (Å²) in [5.41, 5.74) is 3.24. The zero-order valence-electron chi connectivity index (χ0n) is 17.7. The number of hydrogen-bond donors (Lipinski definition) is 2. The van der Waals surface area contributed by atoms with Gasteiger partial charge in [-0.1, -0.05) is 48.5 Å². The number of amides is 1. The first-order chi connectivity index (χ1) is 15.4. The fraction of sp³-hybridized carbons (Fsp3) is 0.261. The van der Waals surface area contributed by atoms with E-state index in [1.807, 2.05) is 42.5 Å². The number of morpholine rings is 1. The van der Waals surface area contributed by atoms with E-state index in [9.17, 15) is 13.2 Å². The van der Waals surface area contributed by atoms with Gasteiger partial charge in [-0.25, -0.2) is 8.42 Å². The summed E-state index contributed by atoms with van der Waals surface area (Å²) in [5, 5.41) is 3.99. The second-order valence-electron chi connectivity index (χ2n) is 7.51. The Balaban J connectivity index is 1.56. The van der Waals surface area contributed by atoms with Gasteiger partial charge in [0.15, 0.2) is 0 Å². The summed E-state index contributed by atoms with van der Waals surface area (Å²) >= 11 is 1.47. The van der Waals surface area contributed by atoms with Crippen molar-refractivity contribution >= 4 is 38.0 Å². The van der Waals surface area contributed by atoms with Crippen LogP contribution < -0.4 is 14.9 Å². The molecule has 1 aliphatic heterocycles. The van der Waals surface area contributed by atoms with Crippen LogP contribution in [0.25, 0.3) is 11.1 Å². The SMILES string of the molecule is CS(=O)(=O)Nc1ccccc1CNC(=O)c1cc(-c2ccccc2)c(N2CCOCC2)s1. The molecule has 3 aromatic rings. The van der Waals surface area contributed by atoms with Gasteiger partial charge in [0.25, 0.3) is 5.91 Å². The second-order valence-corrected chi connectivity index (χ2v) is 10.3. The van der Waals surface area contributed by atoms with Gasteiger partial charge in [-0.3, -0.25) is 9.52 Å². The monoisotopic (exact) mass is 471 g/mol. The molecule has 2 N–H and O–H groups in total. The molecule has 1 aromatic heterocycles. The lowest BCUT2D eigenvalue weighted by atomic mass is 10.1. The number of nitrogens with one attached hydrogen (secondary N) is 2. The first-order valence-electron chi connectivity index (χ1n) is 10.3. The van der Waals surface area contributed by atoms with Crippen molar-refractivity contribution in [3.8, 4) is 11.1 Å². The number of benzene rings is 2. The summed E-state index contributed by atoms with van der Waals surface area (Å²) in [6.07, 6.45) is 1.10. The van der Waals surface area contributed by atoms with E-state index in [0.717, 1.165) is 35.5 Å². The Morgan fingerprint density at radius 3 is 2.47 bits per heavy atom. The predicted molar refractivity (Wildman–Crippen MR) is 129 cm³/mol. The third-order valence-electron chi connectivity index (χ3n) is 5.07. The minimum absolute atomic E-state index is 0.194. The number of hydrogen-bond acceptors (Lipinski definition) is 6. The zero-order valence-corrected chi connectivity index (χ0v) is 19.3. The summed E-state index contributed by atoms with van der Waals surface area (Å²) in [7, 11) is -3.41. The van der Waals surface area contributed by atoms with Gasteiger partial charge in [-0.2, -0.15) is 0 Å². The fourth-order valence-electron chi connectivity index (χ4n) is 3.56. The topological polar surface area (TPSA) is 87.7 Å². The summed E-state index contributed by atoms with van der Waals surface area (Å²) in [4.78, 5) is 15.9. The van der Waals surface area contributed by atoms with Crippen molar-refractivity contribution in [3.05, 3.63) is 71.1 Å². The molecule has 2 heterocycles. The number of carbonyl (C=O) groups is 1. The number of rotatable bonds is 7. The maximum atomic E-state index is 13.0. The van der Waals surface area contributed by atoms with E-state index in [-0.39, 0.29) is 12.5 Å². The van der Waals surface area contributed by atoms with Crippen LogP contribution in [0.5, 0.6) is 0 Å². The molecule has 1 saturated heterocycles. The molecule has 0 aliphatic carbocycles. The average Bonchev–Trinajstić information content (AvgIpc) is 3.24. The largest absolute Gasteiger partial charge is 0.378 e. The Bertz CT molecular complexity index is 1190. The van der Waals surface area contributed by atoms with E-state index >= 15 is 0 Å². The molecule has 0 atom stereocenters. The molecule has 7 nitrogen and oxygen atoms in total. The van der Waals surface area contributed by atoms with Gasteiger partial charge < -0.3 is 15.0 Å². The van der Waals surface area contributed by atoms with Gasteiger partial charge in [0.05, 0.1) is 35.0 Å². The van der Waals surface area contributed by atoms with Gasteiger partial charge in [-0.05, 0) is 23.3 Å². The number of anilines is 2. The van der Waals surface area contributed by atoms with E-state index in [1.165, 1.54) is 11.3 Å². The van der Waals surface area contributed by atoms with Crippen LogP contribution in [-0.2, 0) is 21.3 Å². The Morgan fingerprint density at radius 1 is 1.06 bits per heavy atom. The molecule has 1 amide bonds. The van der Waals surface area contributed by atoms with Crippen molar-refractivity contribution in [3.63, 3.8) is 0 Å². The van der Waals surface area contributed by atoms with Crippen LogP contribution in [0.4, 0.5) is 10.7 Å². The first-order valence-corrected chi connectivity index (χ1v) is 13.0. The Hall–Kier alpha value is -2.88. The highest BCUT2D eigenvalue weighted by atomic mass is 32.2. The van der Waals surface area contributed by atoms with Crippen LogP contribution in [0, 0.1) is 0 Å². The molecular formula is C23H25N3O4S2. The minimum atomic E-state index is -3.41. The van der Waals surface area contributed by atoms with Gasteiger partial charge in [-0.15, -0.1) is 11.3 Å². The minimum Gasteiger partial charge on any atom is -0.378 e. The lowest BCUT2D eigenvalue weighted by Crippen LogP contribution is -2.35. The van der Waals surface area contributed by atoms with Gasteiger partial charge in [0.1, 0.15) is 0 Å². The van der Waals surface area contributed by atoms with Crippen molar-refractivity contribution in [2.45, 2.75) is 6.54 Å². The third kappa shape index (κ3) is 5.48. The fourth-order valence-corrected chi connectivity index (χ4v) is 5.30. The van der Waals surface area contributed by atoms with E-state index < -0.39 is 10.0 Å². The zero-order chi connectivity index (χ0) is 22.6. The third-order valence-corrected chi connectivity index (χ3v) is 6.86. The number of para-hydroxylation sites is 1.